The van der Waals surface area contributed by atoms with Gasteiger partial charge in [0.2, 0.25) is 10.0 Å². The Morgan fingerprint density at radius 2 is 2.11 bits per heavy atom. The van der Waals surface area contributed by atoms with Crippen LogP contribution in [0, 0.1) is 0 Å². The van der Waals surface area contributed by atoms with Crippen LogP contribution in [0.15, 0.2) is 0 Å². The van der Waals surface area contributed by atoms with E-state index in [-0.39, 0.29) is 0 Å². The van der Waals surface area contributed by atoms with Gasteiger partial charge in [0.1, 0.15) is 11.6 Å². The van der Waals surface area contributed by atoms with Gasteiger partial charge in [-0.25, -0.2) is 13.1 Å². The Bertz CT molecular complexity index is 496. The summed E-state index contributed by atoms with van der Waals surface area (Å²) in [7, 11) is -3.10. The Morgan fingerprint density at radius 3 is 2.89 bits per heavy atom. The molecule has 7 nitrogen and oxygen atoms in total. The molecule has 0 fully saturated rings. The van der Waals surface area contributed by atoms with Crippen LogP contribution in [0.25, 0.3) is 0 Å². The third-order valence-electron chi connectivity index (χ3n) is 2.89. The van der Waals surface area contributed by atoms with Gasteiger partial charge in [0.15, 0.2) is 0 Å². The lowest BCUT2D eigenvalue weighted by Gasteiger charge is -2.14. The zero-order valence-electron chi connectivity index (χ0n) is 10.5. The largest absolute Gasteiger partial charge is 0.314 e. The Kier molecular flexibility index (Phi) is 4.31. The first-order chi connectivity index (χ1) is 8.56. The predicted molar refractivity (Wildman–Crippen MR) is 67.5 cm³/mol. The summed E-state index contributed by atoms with van der Waals surface area (Å²) in [5.41, 5.74) is 0. The van der Waals surface area contributed by atoms with E-state index in [0.29, 0.717) is 19.6 Å². The van der Waals surface area contributed by atoms with Crippen molar-refractivity contribution in [3.8, 4) is 0 Å². The van der Waals surface area contributed by atoms with E-state index in [1.54, 1.807) is 0 Å². The molecule has 0 saturated heterocycles. The van der Waals surface area contributed by atoms with E-state index < -0.39 is 10.0 Å². The van der Waals surface area contributed by atoms with Crippen LogP contribution < -0.4 is 10.0 Å². The second-order valence-electron chi connectivity index (χ2n) is 4.48. The lowest BCUT2D eigenvalue weighted by Crippen LogP contribution is -2.31. The Hall–Kier alpha value is -0.990. The average molecular weight is 273 g/mol. The number of nitrogens with one attached hydrogen (secondary N) is 2. The Balaban J connectivity index is 1.75. The van der Waals surface area contributed by atoms with Crippen molar-refractivity contribution in [2.75, 3.05) is 19.3 Å². The highest BCUT2D eigenvalue weighted by atomic mass is 32.2. The number of hydrogen-bond acceptors (Lipinski definition) is 5. The molecular weight excluding hydrogens is 254 g/mol. The molecule has 0 atom stereocenters. The molecule has 0 saturated carbocycles. The molecule has 2 heterocycles. The van der Waals surface area contributed by atoms with Crippen LogP contribution in [-0.4, -0.2) is 42.5 Å². The van der Waals surface area contributed by atoms with Gasteiger partial charge in [-0.2, -0.15) is 0 Å². The van der Waals surface area contributed by atoms with Crippen molar-refractivity contribution in [3.05, 3.63) is 11.6 Å². The van der Waals surface area contributed by atoms with E-state index in [0.717, 1.165) is 30.9 Å². The third kappa shape index (κ3) is 3.76. The van der Waals surface area contributed by atoms with Crippen LogP contribution in [0.4, 0.5) is 0 Å². The number of hydrogen-bond donors (Lipinski definition) is 2. The maximum absolute atomic E-state index is 10.8. The average Bonchev–Trinajstić information content (AvgIpc) is 2.71. The topological polar surface area (TPSA) is 88.9 Å². The molecule has 1 aromatic heterocycles. The molecule has 1 aromatic rings. The first-order valence-electron chi connectivity index (χ1n) is 6.12. The van der Waals surface area contributed by atoms with Gasteiger partial charge in [-0.15, -0.1) is 10.2 Å². The Morgan fingerprint density at radius 1 is 1.28 bits per heavy atom. The number of rotatable bonds is 6. The molecule has 0 unspecified atom stereocenters. The molecule has 2 rings (SSSR count). The fourth-order valence-electron chi connectivity index (χ4n) is 2.02. The van der Waals surface area contributed by atoms with E-state index >= 15 is 0 Å². The minimum atomic E-state index is -3.10. The smallest absolute Gasteiger partial charge is 0.208 e. The monoisotopic (exact) mass is 273 g/mol. The maximum Gasteiger partial charge on any atom is 0.208 e. The summed E-state index contributed by atoms with van der Waals surface area (Å²) in [5.74, 6) is 2.00. The SMILES string of the molecule is CS(=O)(=O)NCCNCc1nnc2n1CCCC2. The fourth-order valence-corrected chi connectivity index (χ4v) is 2.50. The fraction of sp³-hybridized carbons (Fsp3) is 0.800. The van der Waals surface area contributed by atoms with Crippen molar-refractivity contribution in [1.82, 2.24) is 24.8 Å². The van der Waals surface area contributed by atoms with E-state index in [2.05, 4.69) is 24.8 Å². The summed E-state index contributed by atoms with van der Waals surface area (Å²) in [6, 6.07) is 0. The predicted octanol–water partition coefficient (Wildman–Crippen LogP) is -0.747. The number of aryl methyl sites for hydroxylation is 1. The first kappa shape index (κ1) is 13.4. The van der Waals surface area contributed by atoms with Gasteiger partial charge in [-0.1, -0.05) is 0 Å². The van der Waals surface area contributed by atoms with Gasteiger partial charge in [0.05, 0.1) is 12.8 Å². The highest BCUT2D eigenvalue weighted by molar-refractivity contribution is 7.88. The summed E-state index contributed by atoms with van der Waals surface area (Å²) in [4.78, 5) is 0. The van der Waals surface area contributed by atoms with Gasteiger partial charge in [0.25, 0.3) is 0 Å². The van der Waals surface area contributed by atoms with Crippen molar-refractivity contribution in [1.29, 1.82) is 0 Å². The van der Waals surface area contributed by atoms with Crippen LogP contribution in [0.3, 0.4) is 0 Å². The van der Waals surface area contributed by atoms with E-state index in [1.165, 1.54) is 12.8 Å². The van der Waals surface area contributed by atoms with Gasteiger partial charge >= 0.3 is 0 Å². The van der Waals surface area contributed by atoms with E-state index in [4.69, 9.17) is 0 Å². The van der Waals surface area contributed by atoms with Crippen molar-refractivity contribution in [3.63, 3.8) is 0 Å². The quantitative estimate of drug-likeness (QED) is 0.666. The second-order valence-corrected chi connectivity index (χ2v) is 6.32. The summed E-state index contributed by atoms with van der Waals surface area (Å²) in [5, 5.41) is 11.5. The van der Waals surface area contributed by atoms with Crippen LogP contribution in [0.5, 0.6) is 0 Å². The van der Waals surface area contributed by atoms with Crippen LogP contribution >= 0.6 is 0 Å². The highest BCUT2D eigenvalue weighted by Crippen LogP contribution is 2.13. The molecule has 8 heteroatoms. The second kappa shape index (κ2) is 5.77. The molecule has 0 amide bonds. The van der Waals surface area contributed by atoms with Crippen molar-refractivity contribution >= 4 is 10.0 Å². The van der Waals surface area contributed by atoms with E-state index in [1.807, 2.05) is 0 Å². The van der Waals surface area contributed by atoms with Crippen LogP contribution in [-0.2, 0) is 29.5 Å². The highest BCUT2D eigenvalue weighted by Gasteiger charge is 2.14. The number of nitrogens with zero attached hydrogens (tertiary/aromatic N) is 3. The lowest BCUT2D eigenvalue weighted by molar-refractivity contribution is 0.497. The third-order valence-corrected chi connectivity index (χ3v) is 3.61. The standard InChI is InChI=1S/C10H19N5O2S/c1-18(16,17)12-6-5-11-8-10-14-13-9-4-2-3-7-15(9)10/h11-12H,2-8H2,1H3. The summed E-state index contributed by atoms with van der Waals surface area (Å²) in [6.07, 6.45) is 4.52. The molecule has 1 aliphatic heterocycles. The molecule has 0 aliphatic carbocycles. The van der Waals surface area contributed by atoms with Crippen molar-refractivity contribution < 1.29 is 8.42 Å². The van der Waals surface area contributed by atoms with Crippen molar-refractivity contribution in [2.24, 2.45) is 0 Å². The molecule has 2 N–H and O–H groups in total. The molecule has 1 aliphatic rings. The molecule has 0 radical (unpaired) electrons. The van der Waals surface area contributed by atoms with Gasteiger partial charge in [-0.3, -0.25) is 0 Å². The molecular formula is C10H19N5O2S. The molecule has 0 bridgehead atoms. The molecule has 102 valence electrons. The zero-order chi connectivity index (χ0) is 13.0. The number of sulfonamides is 1. The molecule has 0 spiro atoms. The van der Waals surface area contributed by atoms with Gasteiger partial charge < -0.3 is 9.88 Å². The number of fused-ring (bicyclic) bond motifs is 1. The van der Waals surface area contributed by atoms with Crippen LogP contribution in [0.1, 0.15) is 24.5 Å². The molecule has 18 heavy (non-hydrogen) atoms. The maximum atomic E-state index is 10.8. The minimum absolute atomic E-state index is 0.389. The zero-order valence-corrected chi connectivity index (χ0v) is 11.3. The summed E-state index contributed by atoms with van der Waals surface area (Å²) in [6.45, 7) is 2.58. The van der Waals surface area contributed by atoms with E-state index in [9.17, 15) is 8.42 Å². The lowest BCUT2D eigenvalue weighted by atomic mass is 10.2. The summed E-state index contributed by atoms with van der Waals surface area (Å²) < 4.78 is 26.3. The minimum Gasteiger partial charge on any atom is -0.314 e. The molecule has 0 aromatic carbocycles. The first-order valence-corrected chi connectivity index (χ1v) is 8.02. The van der Waals surface area contributed by atoms with Crippen molar-refractivity contribution in [2.45, 2.75) is 32.4 Å². The number of aromatic nitrogens is 3. The van der Waals surface area contributed by atoms with Gasteiger partial charge in [0, 0.05) is 26.1 Å². The summed E-state index contributed by atoms with van der Waals surface area (Å²) >= 11 is 0. The van der Waals surface area contributed by atoms with Gasteiger partial charge in [-0.05, 0) is 12.8 Å². The van der Waals surface area contributed by atoms with Crippen LogP contribution in [0.2, 0.25) is 0 Å². The normalized spacial score (nSPS) is 15.6. The Labute approximate surface area is 107 Å².